The molecule has 3 atom stereocenters. The van der Waals surface area contributed by atoms with Gasteiger partial charge in [0.15, 0.2) is 10.6 Å². The van der Waals surface area contributed by atoms with Crippen molar-refractivity contribution in [3.05, 3.63) is 77.9 Å². The molecule has 35 heavy (non-hydrogen) atoms. The van der Waals surface area contributed by atoms with Gasteiger partial charge in [-0.1, -0.05) is 54.2 Å². The molecule has 0 spiro atoms. The van der Waals surface area contributed by atoms with E-state index in [1.54, 1.807) is 36.4 Å². The second-order valence-corrected chi connectivity index (χ2v) is 11.9. The maximum atomic E-state index is 13.8. The third-order valence-electron chi connectivity index (χ3n) is 5.87. The zero-order valence-corrected chi connectivity index (χ0v) is 21.1. The van der Waals surface area contributed by atoms with E-state index >= 15 is 0 Å². The lowest BCUT2D eigenvalue weighted by molar-refractivity contribution is -0.109. The Morgan fingerprint density at radius 1 is 1.06 bits per heavy atom. The van der Waals surface area contributed by atoms with E-state index in [4.69, 9.17) is 9.47 Å². The largest absolute Gasteiger partial charge is 0.465 e. The highest BCUT2D eigenvalue weighted by Crippen LogP contribution is 2.33. The molecule has 7 nitrogen and oxygen atoms in total. The van der Waals surface area contributed by atoms with E-state index in [1.165, 1.54) is 31.9 Å². The van der Waals surface area contributed by atoms with Crippen LogP contribution in [0.4, 0.5) is 0 Å². The normalized spacial score (nSPS) is 18.9. The average Bonchev–Trinajstić information content (AvgIpc) is 3.29. The monoisotopic (exact) mass is 513 g/mol. The average molecular weight is 514 g/mol. The molecule has 184 valence electrons. The van der Waals surface area contributed by atoms with Crippen molar-refractivity contribution < 1.29 is 27.5 Å². The maximum absolute atomic E-state index is 13.8. The third kappa shape index (κ3) is 5.92. The van der Waals surface area contributed by atoms with Crippen LogP contribution in [0.5, 0.6) is 0 Å². The molecule has 4 rings (SSSR count). The van der Waals surface area contributed by atoms with E-state index in [-0.39, 0.29) is 33.5 Å². The van der Waals surface area contributed by atoms with E-state index < -0.39 is 21.2 Å². The van der Waals surface area contributed by atoms with Crippen LogP contribution in [0.15, 0.2) is 71.6 Å². The summed E-state index contributed by atoms with van der Waals surface area (Å²) in [7, 11) is -2.71. The lowest BCUT2D eigenvalue weighted by atomic mass is 10.1. The molecule has 0 bridgehead atoms. The van der Waals surface area contributed by atoms with Crippen molar-refractivity contribution in [2.75, 3.05) is 20.3 Å². The molecule has 1 heterocycles. The molecule has 1 aliphatic heterocycles. The van der Waals surface area contributed by atoms with Crippen LogP contribution in [0, 0.1) is 0 Å². The second-order valence-electron chi connectivity index (χ2n) is 8.41. The van der Waals surface area contributed by atoms with Crippen LogP contribution in [0.25, 0.3) is 10.8 Å². The van der Waals surface area contributed by atoms with Gasteiger partial charge in [-0.3, -0.25) is 4.79 Å². The van der Waals surface area contributed by atoms with Crippen LogP contribution < -0.4 is 5.32 Å². The van der Waals surface area contributed by atoms with Crippen LogP contribution in [0.2, 0.25) is 0 Å². The number of fused-ring (bicyclic) bond motifs is 1. The maximum Gasteiger partial charge on any atom is 0.337 e. The third-order valence-corrected chi connectivity index (χ3v) is 8.78. The van der Waals surface area contributed by atoms with Crippen molar-refractivity contribution >= 4 is 43.5 Å². The number of methoxy groups -OCH3 is 1. The molecule has 1 aliphatic rings. The van der Waals surface area contributed by atoms with Crippen molar-refractivity contribution in [3.8, 4) is 0 Å². The summed E-state index contributed by atoms with van der Waals surface area (Å²) in [5, 5.41) is 5.22. The highest BCUT2D eigenvalue weighted by atomic mass is 32.2. The number of thioether (sulfide) groups is 1. The molecule has 0 aromatic heterocycles. The Bertz CT molecular complexity index is 1340. The Balaban J connectivity index is 1.65. The van der Waals surface area contributed by atoms with Crippen LogP contribution in [0.3, 0.4) is 0 Å². The molecule has 9 heteroatoms. The van der Waals surface area contributed by atoms with Gasteiger partial charge < -0.3 is 14.8 Å². The fourth-order valence-electron chi connectivity index (χ4n) is 4.20. The molecule has 3 unspecified atom stereocenters. The van der Waals surface area contributed by atoms with Gasteiger partial charge in [0.05, 0.1) is 24.2 Å². The molecule has 3 aromatic carbocycles. The van der Waals surface area contributed by atoms with E-state index in [9.17, 15) is 18.0 Å². The number of sulfone groups is 1. The van der Waals surface area contributed by atoms with Gasteiger partial charge in [-0.15, -0.1) is 0 Å². The van der Waals surface area contributed by atoms with Crippen molar-refractivity contribution in [3.63, 3.8) is 0 Å². The van der Waals surface area contributed by atoms with Gasteiger partial charge in [0.2, 0.25) is 9.84 Å². The van der Waals surface area contributed by atoms with E-state index in [1.807, 2.05) is 24.3 Å². The predicted octanol–water partition coefficient (Wildman–Crippen LogP) is 4.13. The van der Waals surface area contributed by atoms with E-state index in [2.05, 4.69) is 5.32 Å². The molecule has 3 aromatic rings. The number of hydrogen-bond acceptors (Lipinski definition) is 8. The first-order valence-electron chi connectivity index (χ1n) is 11.2. The Morgan fingerprint density at radius 3 is 2.57 bits per heavy atom. The van der Waals surface area contributed by atoms with Crippen molar-refractivity contribution in [2.45, 2.75) is 35.0 Å². The number of esters is 1. The van der Waals surface area contributed by atoms with E-state index in [0.29, 0.717) is 18.5 Å². The summed E-state index contributed by atoms with van der Waals surface area (Å²) in [6, 6.07) is 18.7. The number of hydrogen-bond donors (Lipinski definition) is 1. The number of ether oxygens (including phenoxy) is 2. The van der Waals surface area contributed by atoms with Crippen LogP contribution in [-0.4, -0.2) is 51.1 Å². The minimum Gasteiger partial charge on any atom is -0.465 e. The molecule has 1 saturated heterocycles. The summed E-state index contributed by atoms with van der Waals surface area (Å²) >= 11 is 1.28. The van der Waals surface area contributed by atoms with Crippen LogP contribution >= 0.6 is 11.8 Å². The molecule has 0 aliphatic carbocycles. The van der Waals surface area contributed by atoms with Crippen molar-refractivity contribution in [1.29, 1.82) is 0 Å². The quantitative estimate of drug-likeness (QED) is 0.449. The number of benzene rings is 3. The van der Waals surface area contributed by atoms with Gasteiger partial charge >= 0.3 is 5.97 Å². The molecule has 0 saturated carbocycles. The molecule has 0 radical (unpaired) electrons. The number of carbonyl (C=O) groups is 2. The minimum atomic E-state index is -3.98. The number of rotatable bonds is 8. The summed E-state index contributed by atoms with van der Waals surface area (Å²) in [6.07, 6.45) is 0.690. The van der Waals surface area contributed by atoms with Gasteiger partial charge in [-0.05, 0) is 47.0 Å². The lowest BCUT2D eigenvalue weighted by Crippen LogP contribution is -2.29. The van der Waals surface area contributed by atoms with Gasteiger partial charge in [-0.2, -0.15) is 0 Å². The zero-order chi connectivity index (χ0) is 25.0. The fraction of sp³-hybridized carbons (Fsp3) is 0.308. The lowest BCUT2D eigenvalue weighted by Gasteiger charge is -2.22. The highest BCUT2D eigenvalue weighted by Gasteiger charge is 2.33. The summed E-state index contributed by atoms with van der Waals surface area (Å²) in [6.45, 7) is 2.32. The van der Waals surface area contributed by atoms with Crippen LogP contribution in [-0.2, 0) is 24.1 Å². The molecule has 0 amide bonds. The first-order chi connectivity index (χ1) is 16.8. The van der Waals surface area contributed by atoms with Crippen molar-refractivity contribution in [1.82, 2.24) is 5.32 Å². The topological polar surface area (TPSA) is 98.8 Å². The van der Waals surface area contributed by atoms with Gasteiger partial charge in [-0.25, -0.2) is 13.2 Å². The number of nitrogens with one attached hydrogen (secondary N) is 1. The highest BCUT2D eigenvalue weighted by molar-refractivity contribution is 8.14. The summed E-state index contributed by atoms with van der Waals surface area (Å²) < 4.78 is 38.5. The van der Waals surface area contributed by atoms with Crippen LogP contribution in [0.1, 0.15) is 34.7 Å². The molecule has 1 N–H and O–H groups in total. The smallest absolute Gasteiger partial charge is 0.337 e. The Hall–Kier alpha value is -2.72. The van der Waals surface area contributed by atoms with Gasteiger partial charge in [0.25, 0.3) is 0 Å². The fourth-order valence-corrected chi connectivity index (χ4v) is 6.74. The molecule has 1 fully saturated rings. The first-order valence-corrected chi connectivity index (χ1v) is 13.6. The first kappa shape index (κ1) is 25.4. The minimum absolute atomic E-state index is 0.0507. The second kappa shape index (κ2) is 10.9. The molecular formula is C26H27NO6S2. The Kier molecular flexibility index (Phi) is 7.91. The Labute approximate surface area is 209 Å². The SMILES string of the molecule is COC(=O)c1cccc(C(OCC2CC(SC(C)=O)CN2)S(=O)(=O)c2ccc3ccccc3c2)c1. The predicted molar refractivity (Wildman–Crippen MR) is 136 cm³/mol. The summed E-state index contributed by atoms with van der Waals surface area (Å²) in [4.78, 5) is 23.7. The van der Waals surface area contributed by atoms with Gasteiger partial charge in [0, 0.05) is 24.8 Å². The summed E-state index contributed by atoms with van der Waals surface area (Å²) in [5.74, 6) is -0.560. The zero-order valence-electron chi connectivity index (χ0n) is 19.5. The van der Waals surface area contributed by atoms with E-state index in [0.717, 1.165) is 10.8 Å². The van der Waals surface area contributed by atoms with Crippen molar-refractivity contribution in [2.24, 2.45) is 0 Å². The number of carbonyl (C=O) groups excluding carboxylic acids is 2. The van der Waals surface area contributed by atoms with Gasteiger partial charge in [0.1, 0.15) is 0 Å². The Morgan fingerprint density at radius 2 is 1.83 bits per heavy atom. The standard InChI is InChI=1S/C26H27NO6S2/c1-17(28)34-23-14-22(27-15-23)16-33-26(21-9-5-8-20(12-21)25(29)32-2)35(30,31)24-11-10-18-6-3-4-7-19(18)13-24/h3-13,22-23,26-27H,14-16H2,1-2H3. The summed E-state index contributed by atoms with van der Waals surface area (Å²) in [5.41, 5.74) is -0.743. The molecular weight excluding hydrogens is 486 g/mol.